The maximum atomic E-state index is 11.8. The zero-order valence-corrected chi connectivity index (χ0v) is 9.82. The third-order valence-corrected chi connectivity index (χ3v) is 2.79. The van der Waals surface area contributed by atoms with Crippen LogP contribution < -0.4 is 5.32 Å². The molecule has 17 heavy (non-hydrogen) atoms. The molecule has 1 atom stereocenters. The van der Waals surface area contributed by atoms with Crippen molar-refractivity contribution in [3.05, 3.63) is 53.9 Å². The van der Waals surface area contributed by atoms with Crippen LogP contribution in [0.2, 0.25) is 0 Å². The summed E-state index contributed by atoms with van der Waals surface area (Å²) in [6, 6.07) is 9.25. The molecule has 1 aromatic heterocycles. The summed E-state index contributed by atoms with van der Waals surface area (Å²) in [6.07, 6.45) is 3.39. The number of amides is 1. The first-order valence-electron chi connectivity index (χ1n) is 5.22. The van der Waals surface area contributed by atoms with Gasteiger partial charge in [-0.25, -0.2) is 0 Å². The van der Waals surface area contributed by atoms with E-state index >= 15 is 0 Å². The SMILES string of the molecule is O=C(NCc1cn[nH]c1)C(Cl)c1ccccc1. The van der Waals surface area contributed by atoms with E-state index in [1.165, 1.54) is 0 Å². The Hall–Kier alpha value is -1.81. The van der Waals surface area contributed by atoms with E-state index < -0.39 is 5.38 Å². The number of rotatable bonds is 4. The summed E-state index contributed by atoms with van der Waals surface area (Å²) < 4.78 is 0. The normalized spacial score (nSPS) is 12.1. The van der Waals surface area contributed by atoms with Gasteiger partial charge in [-0.15, -0.1) is 11.6 Å². The summed E-state index contributed by atoms with van der Waals surface area (Å²) in [5, 5.41) is 8.56. The molecule has 1 amide bonds. The number of carbonyl (C=O) groups is 1. The quantitative estimate of drug-likeness (QED) is 0.815. The lowest BCUT2D eigenvalue weighted by Crippen LogP contribution is -2.26. The van der Waals surface area contributed by atoms with Crippen LogP contribution in [0.1, 0.15) is 16.5 Å². The molecule has 0 aliphatic heterocycles. The van der Waals surface area contributed by atoms with Crippen LogP contribution in [0.3, 0.4) is 0 Å². The number of aromatic nitrogens is 2. The summed E-state index contributed by atoms with van der Waals surface area (Å²) in [5.41, 5.74) is 1.70. The Kier molecular flexibility index (Phi) is 3.77. The van der Waals surface area contributed by atoms with Crippen LogP contribution in [0.25, 0.3) is 0 Å². The van der Waals surface area contributed by atoms with Crippen LogP contribution in [-0.4, -0.2) is 16.1 Å². The molecule has 4 nitrogen and oxygen atoms in total. The van der Waals surface area contributed by atoms with Crippen molar-refractivity contribution in [1.29, 1.82) is 0 Å². The van der Waals surface area contributed by atoms with E-state index in [4.69, 9.17) is 11.6 Å². The molecule has 2 rings (SSSR count). The van der Waals surface area contributed by atoms with Gasteiger partial charge in [0.05, 0.1) is 6.20 Å². The Balaban J connectivity index is 1.92. The van der Waals surface area contributed by atoms with E-state index in [1.54, 1.807) is 12.4 Å². The Bertz CT molecular complexity index is 470. The van der Waals surface area contributed by atoms with Crippen molar-refractivity contribution < 1.29 is 4.79 Å². The summed E-state index contributed by atoms with van der Waals surface area (Å²) in [7, 11) is 0. The maximum Gasteiger partial charge on any atom is 0.242 e. The Morgan fingerprint density at radius 1 is 1.41 bits per heavy atom. The van der Waals surface area contributed by atoms with E-state index in [-0.39, 0.29) is 5.91 Å². The Morgan fingerprint density at radius 3 is 2.82 bits per heavy atom. The van der Waals surface area contributed by atoms with Crippen molar-refractivity contribution in [2.24, 2.45) is 0 Å². The predicted molar refractivity (Wildman–Crippen MR) is 65.5 cm³/mol. The second-order valence-electron chi connectivity index (χ2n) is 3.60. The summed E-state index contributed by atoms with van der Waals surface area (Å²) >= 11 is 6.06. The van der Waals surface area contributed by atoms with Gasteiger partial charge in [-0.05, 0) is 5.56 Å². The van der Waals surface area contributed by atoms with Gasteiger partial charge >= 0.3 is 0 Å². The van der Waals surface area contributed by atoms with Gasteiger partial charge in [-0.1, -0.05) is 30.3 Å². The third kappa shape index (κ3) is 3.07. The van der Waals surface area contributed by atoms with Crippen LogP contribution in [0, 0.1) is 0 Å². The van der Waals surface area contributed by atoms with Crippen molar-refractivity contribution in [2.45, 2.75) is 11.9 Å². The molecule has 0 saturated heterocycles. The highest BCUT2D eigenvalue weighted by Gasteiger charge is 2.16. The lowest BCUT2D eigenvalue weighted by Gasteiger charge is -2.09. The maximum absolute atomic E-state index is 11.8. The van der Waals surface area contributed by atoms with Gasteiger partial charge in [0.2, 0.25) is 5.91 Å². The van der Waals surface area contributed by atoms with Crippen molar-refractivity contribution in [2.75, 3.05) is 0 Å². The van der Waals surface area contributed by atoms with E-state index in [0.717, 1.165) is 11.1 Å². The molecule has 0 saturated carbocycles. The second kappa shape index (κ2) is 5.50. The van der Waals surface area contributed by atoms with Crippen molar-refractivity contribution in [1.82, 2.24) is 15.5 Å². The smallest absolute Gasteiger partial charge is 0.242 e. The van der Waals surface area contributed by atoms with Gasteiger partial charge in [-0.3, -0.25) is 9.89 Å². The standard InChI is InChI=1S/C12H12ClN3O/c13-11(10-4-2-1-3-5-10)12(17)14-6-9-7-15-16-8-9/h1-5,7-8,11H,6H2,(H,14,17)(H,15,16). The van der Waals surface area contributed by atoms with Gasteiger partial charge in [0.1, 0.15) is 5.38 Å². The first-order chi connectivity index (χ1) is 8.27. The number of hydrogen-bond acceptors (Lipinski definition) is 2. The van der Waals surface area contributed by atoms with E-state index in [0.29, 0.717) is 6.54 Å². The van der Waals surface area contributed by atoms with Crippen molar-refractivity contribution in [3.8, 4) is 0 Å². The van der Waals surface area contributed by atoms with E-state index in [2.05, 4.69) is 15.5 Å². The number of H-pyrrole nitrogens is 1. The number of alkyl halides is 1. The number of nitrogens with one attached hydrogen (secondary N) is 2. The fourth-order valence-electron chi connectivity index (χ4n) is 1.43. The summed E-state index contributed by atoms with van der Waals surface area (Å²) in [4.78, 5) is 11.8. The Morgan fingerprint density at radius 2 is 2.18 bits per heavy atom. The number of aromatic amines is 1. The molecule has 2 N–H and O–H groups in total. The molecule has 1 heterocycles. The lowest BCUT2D eigenvalue weighted by atomic mass is 10.1. The van der Waals surface area contributed by atoms with E-state index in [9.17, 15) is 4.79 Å². The zero-order valence-electron chi connectivity index (χ0n) is 9.06. The van der Waals surface area contributed by atoms with Gasteiger partial charge in [0.25, 0.3) is 0 Å². The summed E-state index contributed by atoms with van der Waals surface area (Å²) in [6.45, 7) is 0.422. The molecule has 0 aliphatic rings. The topological polar surface area (TPSA) is 57.8 Å². The molecule has 0 spiro atoms. The number of halogens is 1. The first-order valence-corrected chi connectivity index (χ1v) is 5.65. The molecule has 0 aliphatic carbocycles. The Labute approximate surface area is 104 Å². The average Bonchev–Trinajstić information content (AvgIpc) is 2.89. The molecule has 0 fully saturated rings. The zero-order chi connectivity index (χ0) is 12.1. The first kappa shape index (κ1) is 11.7. The van der Waals surface area contributed by atoms with Gasteiger partial charge in [0, 0.05) is 18.3 Å². The molecule has 88 valence electrons. The monoisotopic (exact) mass is 249 g/mol. The minimum absolute atomic E-state index is 0.209. The minimum Gasteiger partial charge on any atom is -0.350 e. The lowest BCUT2D eigenvalue weighted by molar-refractivity contribution is -0.121. The minimum atomic E-state index is -0.664. The fourth-order valence-corrected chi connectivity index (χ4v) is 1.65. The summed E-state index contributed by atoms with van der Waals surface area (Å²) in [5.74, 6) is -0.209. The van der Waals surface area contributed by atoms with Gasteiger partial charge < -0.3 is 5.32 Å². The number of nitrogens with zero attached hydrogens (tertiary/aromatic N) is 1. The molecule has 0 radical (unpaired) electrons. The van der Waals surface area contributed by atoms with Gasteiger partial charge in [-0.2, -0.15) is 5.10 Å². The molecular formula is C12H12ClN3O. The largest absolute Gasteiger partial charge is 0.350 e. The second-order valence-corrected chi connectivity index (χ2v) is 4.03. The molecule has 5 heteroatoms. The fraction of sp³-hybridized carbons (Fsp3) is 0.167. The van der Waals surface area contributed by atoms with Crippen molar-refractivity contribution >= 4 is 17.5 Å². The molecular weight excluding hydrogens is 238 g/mol. The predicted octanol–water partition coefficient (Wildman–Crippen LogP) is 2.01. The average molecular weight is 250 g/mol. The van der Waals surface area contributed by atoms with Crippen LogP contribution in [0.4, 0.5) is 0 Å². The molecule has 0 bridgehead atoms. The van der Waals surface area contributed by atoms with Crippen LogP contribution in [-0.2, 0) is 11.3 Å². The van der Waals surface area contributed by atoms with Gasteiger partial charge in [0.15, 0.2) is 0 Å². The highest BCUT2D eigenvalue weighted by atomic mass is 35.5. The van der Waals surface area contributed by atoms with E-state index in [1.807, 2.05) is 30.3 Å². The van der Waals surface area contributed by atoms with Crippen molar-refractivity contribution in [3.63, 3.8) is 0 Å². The van der Waals surface area contributed by atoms with Crippen LogP contribution in [0.5, 0.6) is 0 Å². The molecule has 1 unspecified atom stereocenters. The number of benzene rings is 1. The third-order valence-electron chi connectivity index (χ3n) is 2.34. The van der Waals surface area contributed by atoms with Crippen LogP contribution >= 0.6 is 11.6 Å². The molecule has 2 aromatic rings. The number of hydrogen-bond donors (Lipinski definition) is 2. The van der Waals surface area contributed by atoms with Crippen LogP contribution in [0.15, 0.2) is 42.7 Å². The number of carbonyl (C=O) groups excluding carboxylic acids is 1. The highest BCUT2D eigenvalue weighted by molar-refractivity contribution is 6.30. The highest BCUT2D eigenvalue weighted by Crippen LogP contribution is 2.19. The molecule has 1 aromatic carbocycles.